The maximum absolute atomic E-state index is 5.78. The second kappa shape index (κ2) is 2.27. The van der Waals surface area contributed by atoms with Crippen LogP contribution in [0.4, 0.5) is 5.69 Å². The summed E-state index contributed by atoms with van der Waals surface area (Å²) in [6.45, 7) is 4.10. The van der Waals surface area contributed by atoms with Crippen LogP contribution >= 0.6 is 0 Å². The maximum atomic E-state index is 5.78. The highest BCUT2D eigenvalue weighted by molar-refractivity contribution is 5.87. The van der Waals surface area contributed by atoms with Crippen molar-refractivity contribution in [3.63, 3.8) is 0 Å². The average molecular weight is 160 g/mol. The highest BCUT2D eigenvalue weighted by Crippen LogP contribution is 2.23. The van der Waals surface area contributed by atoms with Crippen LogP contribution in [0.3, 0.4) is 0 Å². The second-order valence-corrected chi connectivity index (χ2v) is 3.19. The number of aryl methyl sites for hydroxylation is 2. The van der Waals surface area contributed by atoms with Gasteiger partial charge in [-0.05, 0) is 37.6 Å². The molecule has 0 aliphatic rings. The topological polar surface area (TPSA) is 41.8 Å². The average Bonchev–Trinajstić information content (AvgIpc) is 2.39. The molecule has 62 valence electrons. The molecule has 3 N–H and O–H groups in total. The summed E-state index contributed by atoms with van der Waals surface area (Å²) in [6, 6.07) is 6.08. The van der Waals surface area contributed by atoms with Crippen LogP contribution in [0.5, 0.6) is 0 Å². The van der Waals surface area contributed by atoms with E-state index in [4.69, 9.17) is 5.73 Å². The fourth-order valence-corrected chi connectivity index (χ4v) is 1.51. The number of anilines is 1. The molecular weight excluding hydrogens is 148 g/mol. The van der Waals surface area contributed by atoms with E-state index in [-0.39, 0.29) is 0 Å². The number of aromatic nitrogens is 1. The lowest BCUT2D eigenvalue weighted by Gasteiger charge is -1.99. The molecule has 1 aromatic heterocycles. The van der Waals surface area contributed by atoms with E-state index in [1.807, 2.05) is 19.1 Å². The molecule has 2 nitrogen and oxygen atoms in total. The molecule has 12 heavy (non-hydrogen) atoms. The van der Waals surface area contributed by atoms with Gasteiger partial charge in [0.05, 0.1) is 0 Å². The SMILES string of the molecule is Cc1cc2c(C)c(N)ccc2[nH]1. The number of nitrogens with one attached hydrogen (secondary N) is 1. The van der Waals surface area contributed by atoms with E-state index in [9.17, 15) is 0 Å². The van der Waals surface area contributed by atoms with E-state index >= 15 is 0 Å². The van der Waals surface area contributed by atoms with Gasteiger partial charge in [0.1, 0.15) is 0 Å². The second-order valence-electron chi connectivity index (χ2n) is 3.19. The van der Waals surface area contributed by atoms with Gasteiger partial charge in [-0.1, -0.05) is 0 Å². The lowest BCUT2D eigenvalue weighted by molar-refractivity contribution is 1.30. The monoisotopic (exact) mass is 160 g/mol. The van der Waals surface area contributed by atoms with Crippen LogP contribution in [0.25, 0.3) is 10.9 Å². The lowest BCUT2D eigenvalue weighted by Crippen LogP contribution is -1.88. The Labute approximate surface area is 71.4 Å². The summed E-state index contributed by atoms with van der Waals surface area (Å²) in [5, 5.41) is 1.23. The standard InChI is InChI=1S/C10H12N2/c1-6-5-8-7(2)9(11)3-4-10(8)12-6/h3-5,12H,11H2,1-2H3. The molecule has 2 heteroatoms. The first kappa shape index (κ1) is 7.22. The van der Waals surface area contributed by atoms with Crippen molar-refractivity contribution < 1.29 is 0 Å². The van der Waals surface area contributed by atoms with E-state index < -0.39 is 0 Å². The molecular formula is C10H12N2. The fourth-order valence-electron chi connectivity index (χ4n) is 1.51. The number of fused-ring (bicyclic) bond motifs is 1. The van der Waals surface area contributed by atoms with Crippen molar-refractivity contribution >= 4 is 16.6 Å². The van der Waals surface area contributed by atoms with Gasteiger partial charge in [-0.2, -0.15) is 0 Å². The van der Waals surface area contributed by atoms with Gasteiger partial charge in [0.2, 0.25) is 0 Å². The Balaban J connectivity index is 2.89. The van der Waals surface area contributed by atoms with Crippen molar-refractivity contribution in [2.45, 2.75) is 13.8 Å². The Morgan fingerprint density at radius 1 is 1.25 bits per heavy atom. The zero-order valence-electron chi connectivity index (χ0n) is 7.31. The zero-order chi connectivity index (χ0) is 8.72. The summed E-state index contributed by atoms with van der Waals surface area (Å²) in [6.07, 6.45) is 0. The van der Waals surface area contributed by atoms with Gasteiger partial charge in [-0.15, -0.1) is 0 Å². The molecule has 2 aromatic rings. The summed E-state index contributed by atoms with van der Waals surface area (Å²) >= 11 is 0. The van der Waals surface area contributed by atoms with Crippen molar-refractivity contribution in [1.29, 1.82) is 0 Å². The number of hydrogen-bond donors (Lipinski definition) is 2. The Morgan fingerprint density at radius 2 is 2.00 bits per heavy atom. The van der Waals surface area contributed by atoms with Crippen LogP contribution in [0, 0.1) is 13.8 Å². The summed E-state index contributed by atoms with van der Waals surface area (Å²) < 4.78 is 0. The van der Waals surface area contributed by atoms with E-state index in [1.54, 1.807) is 0 Å². The maximum Gasteiger partial charge on any atom is 0.0460 e. The molecule has 0 bridgehead atoms. The van der Waals surface area contributed by atoms with Gasteiger partial charge >= 0.3 is 0 Å². The highest BCUT2D eigenvalue weighted by atomic mass is 14.7. The molecule has 0 unspecified atom stereocenters. The third kappa shape index (κ3) is 0.881. The number of rotatable bonds is 0. The third-order valence-electron chi connectivity index (χ3n) is 2.25. The Kier molecular flexibility index (Phi) is 1.37. The number of nitrogens with two attached hydrogens (primary N) is 1. The predicted molar refractivity (Wildman–Crippen MR) is 52.2 cm³/mol. The quantitative estimate of drug-likeness (QED) is 0.571. The van der Waals surface area contributed by atoms with Gasteiger partial charge in [-0.3, -0.25) is 0 Å². The van der Waals surface area contributed by atoms with Crippen molar-refractivity contribution in [2.75, 3.05) is 5.73 Å². The van der Waals surface area contributed by atoms with Crippen LogP contribution in [0.15, 0.2) is 18.2 Å². The first-order valence-corrected chi connectivity index (χ1v) is 4.03. The summed E-state index contributed by atoms with van der Waals surface area (Å²) in [5.74, 6) is 0. The molecule has 0 aliphatic carbocycles. The van der Waals surface area contributed by atoms with Crippen LogP contribution in [0.1, 0.15) is 11.3 Å². The van der Waals surface area contributed by atoms with Crippen molar-refractivity contribution in [3.8, 4) is 0 Å². The number of benzene rings is 1. The Morgan fingerprint density at radius 3 is 2.75 bits per heavy atom. The van der Waals surface area contributed by atoms with Crippen molar-refractivity contribution in [3.05, 3.63) is 29.5 Å². The highest BCUT2D eigenvalue weighted by Gasteiger charge is 2.02. The zero-order valence-corrected chi connectivity index (χ0v) is 7.31. The molecule has 0 amide bonds. The largest absolute Gasteiger partial charge is 0.398 e. The van der Waals surface area contributed by atoms with Gasteiger partial charge in [-0.25, -0.2) is 0 Å². The minimum Gasteiger partial charge on any atom is -0.398 e. The van der Waals surface area contributed by atoms with E-state index in [0.29, 0.717) is 0 Å². The number of aromatic amines is 1. The van der Waals surface area contributed by atoms with E-state index in [0.717, 1.165) is 11.3 Å². The fraction of sp³-hybridized carbons (Fsp3) is 0.200. The minimum absolute atomic E-state index is 0.863. The Hall–Kier alpha value is -1.44. The predicted octanol–water partition coefficient (Wildman–Crippen LogP) is 2.37. The van der Waals surface area contributed by atoms with E-state index in [1.165, 1.54) is 16.6 Å². The van der Waals surface area contributed by atoms with Crippen LogP contribution in [-0.2, 0) is 0 Å². The molecule has 2 rings (SSSR count). The van der Waals surface area contributed by atoms with Crippen LogP contribution < -0.4 is 5.73 Å². The van der Waals surface area contributed by atoms with Gasteiger partial charge in [0, 0.05) is 22.3 Å². The van der Waals surface area contributed by atoms with Gasteiger partial charge in [0.15, 0.2) is 0 Å². The molecule has 0 spiro atoms. The summed E-state index contributed by atoms with van der Waals surface area (Å²) in [5.41, 5.74) is 10.2. The molecule has 0 saturated carbocycles. The molecule has 0 saturated heterocycles. The molecule has 1 heterocycles. The summed E-state index contributed by atoms with van der Waals surface area (Å²) in [7, 11) is 0. The van der Waals surface area contributed by atoms with Crippen molar-refractivity contribution in [1.82, 2.24) is 4.98 Å². The summed E-state index contributed by atoms with van der Waals surface area (Å²) in [4.78, 5) is 3.27. The third-order valence-corrected chi connectivity index (χ3v) is 2.25. The molecule has 1 aromatic carbocycles. The Bertz CT molecular complexity index is 427. The number of nitrogen functional groups attached to an aromatic ring is 1. The normalized spacial score (nSPS) is 10.8. The number of H-pyrrole nitrogens is 1. The first-order valence-electron chi connectivity index (χ1n) is 4.03. The molecule has 0 radical (unpaired) electrons. The van der Waals surface area contributed by atoms with Gasteiger partial charge in [0.25, 0.3) is 0 Å². The first-order chi connectivity index (χ1) is 5.68. The van der Waals surface area contributed by atoms with Crippen LogP contribution in [0.2, 0.25) is 0 Å². The lowest BCUT2D eigenvalue weighted by atomic mass is 10.1. The number of hydrogen-bond acceptors (Lipinski definition) is 1. The van der Waals surface area contributed by atoms with E-state index in [2.05, 4.69) is 18.0 Å². The molecule has 0 aliphatic heterocycles. The van der Waals surface area contributed by atoms with Crippen molar-refractivity contribution in [2.24, 2.45) is 0 Å². The molecule has 0 atom stereocenters. The smallest absolute Gasteiger partial charge is 0.0460 e. The van der Waals surface area contributed by atoms with Crippen LogP contribution in [-0.4, -0.2) is 4.98 Å². The minimum atomic E-state index is 0.863. The molecule has 0 fully saturated rings. The van der Waals surface area contributed by atoms with Gasteiger partial charge < -0.3 is 10.7 Å².